The molecule has 2 atom stereocenters. The average Bonchev–Trinajstić information content (AvgIpc) is 2.68. The monoisotopic (exact) mass is 415 g/mol. The molecule has 1 heterocycles. The maximum Gasteiger partial charge on any atom is 0.132 e. The quantitative estimate of drug-likeness (QED) is 0.524. The Balaban J connectivity index is 1.84. The van der Waals surface area contributed by atoms with Crippen molar-refractivity contribution in [2.75, 3.05) is 18.5 Å². The predicted molar refractivity (Wildman–Crippen MR) is 119 cm³/mol. The fourth-order valence-electron chi connectivity index (χ4n) is 3.59. The highest BCUT2D eigenvalue weighted by molar-refractivity contribution is 6.30. The van der Waals surface area contributed by atoms with E-state index in [0.717, 1.165) is 27.6 Å². The molecule has 3 rings (SSSR count). The van der Waals surface area contributed by atoms with Crippen LogP contribution in [0.5, 0.6) is 5.75 Å². The van der Waals surface area contributed by atoms with Gasteiger partial charge >= 0.3 is 0 Å². The minimum Gasteiger partial charge on any atom is -0.485 e. The highest BCUT2D eigenvalue weighted by Gasteiger charge is 2.45. The lowest BCUT2D eigenvalue weighted by atomic mass is 9.88. The molecule has 0 spiro atoms. The van der Waals surface area contributed by atoms with E-state index in [2.05, 4.69) is 17.4 Å². The number of fused-ring (bicyclic) bond motifs is 1. The number of halogens is 1. The van der Waals surface area contributed by atoms with E-state index < -0.39 is 5.60 Å². The van der Waals surface area contributed by atoms with Crippen LogP contribution >= 0.6 is 11.6 Å². The Morgan fingerprint density at radius 2 is 2.00 bits per heavy atom. The molecule has 0 aliphatic carbocycles. The summed E-state index contributed by atoms with van der Waals surface area (Å²) >= 11 is 6.09. The van der Waals surface area contributed by atoms with Crippen molar-refractivity contribution in [1.29, 1.82) is 0 Å². The molecule has 2 unspecified atom stereocenters. The van der Waals surface area contributed by atoms with E-state index in [1.807, 2.05) is 70.2 Å². The molecule has 29 heavy (non-hydrogen) atoms. The molecular formula is C24H30ClNO3. The largest absolute Gasteiger partial charge is 0.485 e. The maximum absolute atomic E-state index is 6.30. The lowest BCUT2D eigenvalue weighted by Crippen LogP contribution is -2.51. The minimum atomic E-state index is -0.496. The van der Waals surface area contributed by atoms with Crippen LogP contribution in [0.2, 0.25) is 5.02 Å². The Labute approximate surface area is 178 Å². The number of allylic oxidation sites excluding steroid dienone is 1. The predicted octanol–water partition coefficient (Wildman–Crippen LogP) is 6.16. The molecule has 1 N–H and O–H groups in total. The normalized spacial score (nSPS) is 20.3. The van der Waals surface area contributed by atoms with Gasteiger partial charge in [-0.15, -0.1) is 0 Å². The molecule has 1 aliphatic rings. The van der Waals surface area contributed by atoms with Gasteiger partial charge in [0.05, 0.1) is 6.61 Å². The molecule has 1 aliphatic heterocycles. The molecule has 2 aromatic carbocycles. The molecule has 0 aromatic heterocycles. The zero-order chi connectivity index (χ0) is 20.9. The molecule has 0 saturated heterocycles. The zero-order valence-electron chi connectivity index (χ0n) is 17.6. The van der Waals surface area contributed by atoms with Crippen LogP contribution in [-0.4, -0.2) is 24.9 Å². The van der Waals surface area contributed by atoms with E-state index >= 15 is 0 Å². The summed E-state index contributed by atoms with van der Waals surface area (Å²) in [6, 6.07) is 14.0. The Morgan fingerprint density at radius 1 is 1.17 bits per heavy atom. The number of ether oxygens (including phenoxy) is 3. The summed E-state index contributed by atoms with van der Waals surface area (Å²) in [6.07, 6.45) is 3.57. The van der Waals surface area contributed by atoms with Crippen LogP contribution in [0.4, 0.5) is 5.69 Å². The number of benzene rings is 2. The second-order valence-corrected chi connectivity index (χ2v) is 8.08. The molecule has 2 aromatic rings. The van der Waals surface area contributed by atoms with Crippen molar-refractivity contribution >= 4 is 17.3 Å². The highest BCUT2D eigenvalue weighted by Crippen LogP contribution is 2.44. The number of hydrogen-bond donors (Lipinski definition) is 1. The van der Waals surface area contributed by atoms with Gasteiger partial charge in [0, 0.05) is 29.4 Å². The zero-order valence-corrected chi connectivity index (χ0v) is 18.3. The first kappa shape index (κ1) is 21.7. The fourth-order valence-corrected chi connectivity index (χ4v) is 3.81. The number of hydrogen-bond acceptors (Lipinski definition) is 4. The van der Waals surface area contributed by atoms with Crippen molar-refractivity contribution in [1.82, 2.24) is 0 Å². The van der Waals surface area contributed by atoms with Crippen LogP contribution in [0.15, 0.2) is 54.6 Å². The Hall–Kier alpha value is -2.01. The van der Waals surface area contributed by atoms with E-state index in [1.54, 1.807) is 0 Å². The van der Waals surface area contributed by atoms with Gasteiger partial charge in [0.25, 0.3) is 0 Å². The van der Waals surface area contributed by atoms with Gasteiger partial charge in [0.2, 0.25) is 0 Å². The summed E-state index contributed by atoms with van der Waals surface area (Å²) < 4.78 is 18.6. The van der Waals surface area contributed by atoms with Crippen molar-refractivity contribution in [3.63, 3.8) is 0 Å². The number of rotatable bonds is 8. The van der Waals surface area contributed by atoms with Crippen molar-refractivity contribution in [3.8, 4) is 5.75 Å². The first-order valence-electron chi connectivity index (χ1n) is 10.1. The summed E-state index contributed by atoms with van der Waals surface area (Å²) in [4.78, 5) is 0. The lowest BCUT2D eigenvalue weighted by Gasteiger charge is -2.44. The standard InChI is InChI=1S/C24H30ClNO3/c1-5-7-13-28-23-22(27-6-2)20-15-19(11-12-21(20)29-24(23,3)4)26-16-17-9-8-10-18(25)14-17/h5,7-12,14-15,22-23,26H,6,13,16H2,1-4H3/b7-5+. The van der Waals surface area contributed by atoms with Gasteiger partial charge in [0.15, 0.2) is 0 Å². The Bertz CT molecular complexity index is 850. The van der Waals surface area contributed by atoms with Crippen molar-refractivity contribution in [2.24, 2.45) is 0 Å². The van der Waals surface area contributed by atoms with Gasteiger partial charge in [0.1, 0.15) is 23.6 Å². The molecule has 0 amide bonds. The molecule has 0 bridgehead atoms. The van der Waals surface area contributed by atoms with Crippen LogP contribution in [0.1, 0.15) is 44.9 Å². The lowest BCUT2D eigenvalue weighted by molar-refractivity contribution is -0.155. The van der Waals surface area contributed by atoms with Gasteiger partial charge < -0.3 is 19.5 Å². The molecule has 0 fully saturated rings. The van der Waals surface area contributed by atoms with Gasteiger partial charge in [-0.2, -0.15) is 0 Å². The SMILES string of the molecule is C/C=C/COC1C(OCC)c2cc(NCc3cccc(Cl)c3)ccc2OC1(C)C. The third kappa shape index (κ3) is 5.33. The van der Waals surface area contributed by atoms with Gasteiger partial charge in [-0.1, -0.05) is 35.9 Å². The Morgan fingerprint density at radius 3 is 2.72 bits per heavy atom. The highest BCUT2D eigenvalue weighted by atomic mass is 35.5. The van der Waals surface area contributed by atoms with E-state index in [9.17, 15) is 0 Å². The molecule has 0 radical (unpaired) electrons. The van der Waals surface area contributed by atoms with E-state index in [1.165, 1.54) is 0 Å². The van der Waals surface area contributed by atoms with Crippen LogP contribution in [0, 0.1) is 0 Å². The van der Waals surface area contributed by atoms with E-state index in [-0.39, 0.29) is 12.2 Å². The molecule has 4 nitrogen and oxygen atoms in total. The molecule has 0 saturated carbocycles. The van der Waals surface area contributed by atoms with Crippen molar-refractivity contribution in [3.05, 3.63) is 70.8 Å². The van der Waals surface area contributed by atoms with E-state index in [0.29, 0.717) is 19.8 Å². The van der Waals surface area contributed by atoms with E-state index in [4.69, 9.17) is 25.8 Å². The van der Waals surface area contributed by atoms with Crippen LogP contribution < -0.4 is 10.1 Å². The summed E-state index contributed by atoms with van der Waals surface area (Å²) in [5.41, 5.74) is 2.64. The second kappa shape index (κ2) is 9.66. The summed E-state index contributed by atoms with van der Waals surface area (Å²) in [6.45, 7) is 9.91. The number of anilines is 1. The minimum absolute atomic E-state index is 0.197. The first-order valence-corrected chi connectivity index (χ1v) is 10.5. The smallest absolute Gasteiger partial charge is 0.132 e. The van der Waals surface area contributed by atoms with Crippen LogP contribution in [0.25, 0.3) is 0 Å². The average molecular weight is 416 g/mol. The van der Waals surface area contributed by atoms with Gasteiger partial charge in [-0.25, -0.2) is 0 Å². The molecule has 156 valence electrons. The fraction of sp³-hybridized carbons (Fsp3) is 0.417. The third-order valence-corrected chi connectivity index (χ3v) is 5.22. The van der Waals surface area contributed by atoms with Crippen LogP contribution in [-0.2, 0) is 16.0 Å². The van der Waals surface area contributed by atoms with Crippen molar-refractivity contribution in [2.45, 2.75) is 52.0 Å². The topological polar surface area (TPSA) is 39.7 Å². The summed E-state index contributed by atoms with van der Waals surface area (Å²) in [5, 5.41) is 4.21. The Kier molecular flexibility index (Phi) is 7.23. The summed E-state index contributed by atoms with van der Waals surface area (Å²) in [5.74, 6) is 0.840. The first-order chi connectivity index (χ1) is 13.9. The molecule has 5 heteroatoms. The third-order valence-electron chi connectivity index (χ3n) is 4.99. The molecular weight excluding hydrogens is 386 g/mol. The number of nitrogens with one attached hydrogen (secondary N) is 1. The van der Waals surface area contributed by atoms with Crippen molar-refractivity contribution < 1.29 is 14.2 Å². The summed E-state index contributed by atoms with van der Waals surface area (Å²) in [7, 11) is 0. The maximum atomic E-state index is 6.30. The van der Waals surface area contributed by atoms with Gasteiger partial charge in [-0.05, 0) is 63.6 Å². The van der Waals surface area contributed by atoms with Gasteiger partial charge in [-0.3, -0.25) is 0 Å². The second-order valence-electron chi connectivity index (χ2n) is 7.64. The van der Waals surface area contributed by atoms with Crippen LogP contribution in [0.3, 0.4) is 0 Å².